The van der Waals surface area contributed by atoms with E-state index in [4.69, 9.17) is 5.73 Å². The quantitative estimate of drug-likeness (QED) is 0.848. The van der Waals surface area contributed by atoms with Crippen molar-refractivity contribution in [1.29, 1.82) is 0 Å². The third-order valence-corrected chi connectivity index (χ3v) is 4.26. The fraction of sp³-hybridized carbons (Fsp3) is 0.571. The molecule has 0 aliphatic carbocycles. The van der Waals surface area contributed by atoms with Crippen molar-refractivity contribution in [2.24, 2.45) is 11.1 Å². The minimum absolute atomic E-state index is 0.00112. The summed E-state index contributed by atoms with van der Waals surface area (Å²) in [6.45, 7) is 6.48. The van der Waals surface area contributed by atoms with Gasteiger partial charge in [-0.25, -0.2) is 0 Å². The standard InChI is InChI=1S/C14H23NOS/c1-14(2,3)13(15)12(9-16)17-10-11-7-5-4-6-8-11/h4-8,12-13,16H,9-10,15H2,1-3H3. The molecule has 0 aliphatic rings. The molecule has 0 fully saturated rings. The third kappa shape index (κ3) is 4.70. The van der Waals surface area contributed by atoms with Crippen molar-refractivity contribution in [3.63, 3.8) is 0 Å². The summed E-state index contributed by atoms with van der Waals surface area (Å²) < 4.78 is 0. The Morgan fingerprint density at radius 3 is 2.29 bits per heavy atom. The van der Waals surface area contributed by atoms with Gasteiger partial charge in [-0.1, -0.05) is 51.1 Å². The van der Waals surface area contributed by atoms with E-state index in [1.807, 2.05) is 18.2 Å². The lowest BCUT2D eigenvalue weighted by Crippen LogP contribution is -2.45. The molecule has 0 aliphatic heterocycles. The Labute approximate surface area is 109 Å². The molecule has 0 aromatic heterocycles. The highest BCUT2D eigenvalue weighted by molar-refractivity contribution is 7.99. The van der Waals surface area contributed by atoms with Crippen LogP contribution in [0, 0.1) is 5.41 Å². The van der Waals surface area contributed by atoms with Gasteiger partial charge in [0.1, 0.15) is 0 Å². The van der Waals surface area contributed by atoms with E-state index in [1.165, 1.54) is 5.56 Å². The molecule has 0 amide bonds. The SMILES string of the molecule is CC(C)(C)C(N)C(CO)SCc1ccccc1. The van der Waals surface area contributed by atoms with Gasteiger partial charge in [0, 0.05) is 17.0 Å². The zero-order chi connectivity index (χ0) is 12.9. The lowest BCUT2D eigenvalue weighted by Gasteiger charge is -2.32. The summed E-state index contributed by atoms with van der Waals surface area (Å²) in [5.74, 6) is 0.899. The first kappa shape index (κ1) is 14.6. The minimum atomic E-state index is 0.00112. The summed E-state index contributed by atoms with van der Waals surface area (Å²) >= 11 is 1.73. The van der Waals surface area contributed by atoms with Crippen LogP contribution in [-0.4, -0.2) is 23.0 Å². The predicted octanol–water partition coefficient (Wildman–Crippen LogP) is 2.65. The molecule has 0 spiro atoms. The maximum absolute atomic E-state index is 9.44. The monoisotopic (exact) mass is 253 g/mol. The molecule has 1 aromatic rings. The largest absolute Gasteiger partial charge is 0.395 e. The van der Waals surface area contributed by atoms with Crippen LogP contribution in [0.15, 0.2) is 30.3 Å². The average molecular weight is 253 g/mol. The van der Waals surface area contributed by atoms with E-state index in [0.717, 1.165) is 5.75 Å². The molecule has 0 saturated carbocycles. The number of nitrogens with two attached hydrogens (primary N) is 1. The molecule has 0 heterocycles. The maximum Gasteiger partial charge on any atom is 0.0565 e. The van der Waals surface area contributed by atoms with E-state index in [1.54, 1.807) is 11.8 Å². The minimum Gasteiger partial charge on any atom is -0.395 e. The van der Waals surface area contributed by atoms with Crippen molar-refractivity contribution in [2.75, 3.05) is 6.61 Å². The molecule has 1 aromatic carbocycles. The lowest BCUT2D eigenvalue weighted by molar-refractivity contribution is 0.233. The Morgan fingerprint density at radius 2 is 1.82 bits per heavy atom. The van der Waals surface area contributed by atoms with Crippen molar-refractivity contribution in [1.82, 2.24) is 0 Å². The molecular formula is C14H23NOS. The van der Waals surface area contributed by atoms with Gasteiger partial charge in [-0.2, -0.15) is 0 Å². The second-order valence-electron chi connectivity index (χ2n) is 5.41. The van der Waals surface area contributed by atoms with Crippen molar-refractivity contribution < 1.29 is 5.11 Å². The Kier molecular flexibility index (Phi) is 5.50. The highest BCUT2D eigenvalue weighted by Crippen LogP contribution is 2.28. The zero-order valence-corrected chi connectivity index (χ0v) is 11.7. The third-order valence-electron chi connectivity index (χ3n) is 2.89. The molecule has 2 atom stereocenters. The van der Waals surface area contributed by atoms with E-state index in [-0.39, 0.29) is 23.3 Å². The molecule has 17 heavy (non-hydrogen) atoms. The van der Waals surface area contributed by atoms with Gasteiger partial charge in [0.25, 0.3) is 0 Å². The van der Waals surface area contributed by atoms with E-state index < -0.39 is 0 Å². The van der Waals surface area contributed by atoms with Crippen molar-refractivity contribution >= 4 is 11.8 Å². The van der Waals surface area contributed by atoms with Crippen LogP contribution in [-0.2, 0) is 5.75 Å². The Balaban J connectivity index is 2.54. The van der Waals surface area contributed by atoms with Crippen molar-refractivity contribution in [2.45, 2.75) is 37.8 Å². The Morgan fingerprint density at radius 1 is 1.24 bits per heavy atom. The van der Waals surface area contributed by atoms with Crippen LogP contribution in [0.4, 0.5) is 0 Å². The van der Waals surface area contributed by atoms with Crippen molar-refractivity contribution in [3.05, 3.63) is 35.9 Å². The number of aliphatic hydroxyl groups is 1. The number of aliphatic hydroxyl groups excluding tert-OH is 1. The highest BCUT2D eigenvalue weighted by atomic mass is 32.2. The first-order chi connectivity index (χ1) is 7.95. The fourth-order valence-corrected chi connectivity index (χ4v) is 2.93. The van der Waals surface area contributed by atoms with Gasteiger partial charge in [0.2, 0.25) is 0 Å². The van der Waals surface area contributed by atoms with Crippen LogP contribution >= 0.6 is 11.8 Å². The molecule has 1 rings (SSSR count). The van der Waals surface area contributed by atoms with E-state index >= 15 is 0 Å². The number of rotatable bonds is 5. The smallest absolute Gasteiger partial charge is 0.0565 e. The Bertz CT molecular complexity index is 321. The van der Waals surface area contributed by atoms with Gasteiger partial charge in [0.15, 0.2) is 0 Å². The average Bonchev–Trinajstić information content (AvgIpc) is 2.30. The molecule has 96 valence electrons. The van der Waals surface area contributed by atoms with Gasteiger partial charge in [-0.05, 0) is 11.0 Å². The second-order valence-corrected chi connectivity index (χ2v) is 6.64. The van der Waals surface area contributed by atoms with E-state index in [9.17, 15) is 5.11 Å². The molecule has 0 saturated heterocycles. The number of hydrogen-bond donors (Lipinski definition) is 2. The van der Waals surface area contributed by atoms with Crippen LogP contribution in [0.5, 0.6) is 0 Å². The first-order valence-corrected chi connectivity index (χ1v) is 7.02. The zero-order valence-electron chi connectivity index (χ0n) is 10.9. The molecule has 3 heteroatoms. The molecule has 2 nitrogen and oxygen atoms in total. The maximum atomic E-state index is 9.44. The number of thioether (sulfide) groups is 1. The van der Waals surface area contributed by atoms with Gasteiger partial charge >= 0.3 is 0 Å². The Hall–Kier alpha value is -0.510. The van der Waals surface area contributed by atoms with Crippen molar-refractivity contribution in [3.8, 4) is 0 Å². The van der Waals surface area contributed by atoms with Crippen LogP contribution in [0.2, 0.25) is 0 Å². The first-order valence-electron chi connectivity index (χ1n) is 5.97. The van der Waals surface area contributed by atoms with Gasteiger partial charge in [0.05, 0.1) is 6.61 Å². The second kappa shape index (κ2) is 6.43. The predicted molar refractivity (Wildman–Crippen MR) is 76.0 cm³/mol. The molecular weight excluding hydrogens is 230 g/mol. The van der Waals surface area contributed by atoms with Crippen LogP contribution in [0.1, 0.15) is 26.3 Å². The van der Waals surface area contributed by atoms with Gasteiger partial charge in [-0.3, -0.25) is 0 Å². The summed E-state index contributed by atoms with van der Waals surface area (Å²) in [4.78, 5) is 0. The number of hydrogen-bond acceptors (Lipinski definition) is 3. The van der Waals surface area contributed by atoms with Gasteiger partial charge in [-0.15, -0.1) is 11.8 Å². The van der Waals surface area contributed by atoms with Crippen LogP contribution in [0.3, 0.4) is 0 Å². The highest BCUT2D eigenvalue weighted by Gasteiger charge is 2.28. The molecule has 0 radical (unpaired) electrons. The van der Waals surface area contributed by atoms with Crippen LogP contribution < -0.4 is 5.73 Å². The van der Waals surface area contributed by atoms with Gasteiger partial charge < -0.3 is 10.8 Å². The summed E-state index contributed by atoms with van der Waals surface area (Å²) in [7, 11) is 0. The lowest BCUT2D eigenvalue weighted by atomic mass is 9.85. The summed E-state index contributed by atoms with van der Waals surface area (Å²) in [5.41, 5.74) is 7.49. The topological polar surface area (TPSA) is 46.2 Å². The van der Waals surface area contributed by atoms with Crippen LogP contribution in [0.25, 0.3) is 0 Å². The molecule has 2 unspecified atom stereocenters. The molecule has 3 N–H and O–H groups in total. The molecule has 0 bridgehead atoms. The summed E-state index contributed by atoms with van der Waals surface area (Å²) in [6.07, 6.45) is 0. The normalized spacial score (nSPS) is 15.6. The van der Waals surface area contributed by atoms with E-state index in [0.29, 0.717) is 0 Å². The van der Waals surface area contributed by atoms with E-state index in [2.05, 4.69) is 32.9 Å². The summed E-state index contributed by atoms with van der Waals surface area (Å²) in [6, 6.07) is 10.3. The number of benzene rings is 1. The summed E-state index contributed by atoms with van der Waals surface area (Å²) in [5, 5.41) is 9.53. The fourth-order valence-electron chi connectivity index (χ4n) is 1.61.